The zero-order valence-corrected chi connectivity index (χ0v) is 18.7. The first-order chi connectivity index (χ1) is 15.6. The average Bonchev–Trinajstić information content (AvgIpc) is 3.33. The van der Waals surface area contributed by atoms with Gasteiger partial charge in [-0.2, -0.15) is 0 Å². The van der Waals surface area contributed by atoms with Gasteiger partial charge < -0.3 is 14.7 Å². The number of nitrogens with zero attached hydrogens (tertiary/aromatic N) is 2. The van der Waals surface area contributed by atoms with Crippen molar-refractivity contribution < 1.29 is 14.6 Å². The van der Waals surface area contributed by atoms with E-state index >= 15 is 0 Å². The standard InChI is InChI=1S/C26H27ClN2O3/c27-25-18-23(30)11-8-21(25)19-29(26(31)20-6-2-1-3-7-20)22-9-12-24(13-10-22)32-17-16-28-14-4-5-15-28/h1-3,6-13,18,30H,4-5,14-17,19H2. The van der Waals surface area contributed by atoms with Crippen molar-refractivity contribution in [1.29, 1.82) is 0 Å². The maximum atomic E-state index is 13.3. The monoisotopic (exact) mass is 450 g/mol. The molecular formula is C26H27ClN2O3. The van der Waals surface area contributed by atoms with Crippen LogP contribution < -0.4 is 9.64 Å². The Bertz CT molecular complexity index is 1030. The number of rotatable bonds is 8. The highest BCUT2D eigenvalue weighted by Gasteiger charge is 2.20. The summed E-state index contributed by atoms with van der Waals surface area (Å²) in [6, 6.07) is 21.5. The van der Waals surface area contributed by atoms with Crippen molar-refractivity contribution in [3.8, 4) is 11.5 Å². The van der Waals surface area contributed by atoms with Crippen molar-refractivity contribution in [3.63, 3.8) is 0 Å². The van der Waals surface area contributed by atoms with Gasteiger partial charge >= 0.3 is 0 Å². The van der Waals surface area contributed by atoms with Gasteiger partial charge in [-0.05, 0) is 80.0 Å². The lowest BCUT2D eigenvalue weighted by atomic mass is 10.1. The minimum Gasteiger partial charge on any atom is -0.508 e. The zero-order chi connectivity index (χ0) is 22.3. The van der Waals surface area contributed by atoms with Crippen LogP contribution in [-0.4, -0.2) is 42.2 Å². The van der Waals surface area contributed by atoms with E-state index in [1.54, 1.807) is 29.2 Å². The Morgan fingerprint density at radius 1 is 1.00 bits per heavy atom. The SMILES string of the molecule is O=C(c1ccccc1)N(Cc1ccc(O)cc1Cl)c1ccc(OCCN2CCCC2)cc1. The number of likely N-dealkylation sites (tertiary alicyclic amines) is 1. The fourth-order valence-electron chi connectivity index (χ4n) is 3.87. The molecule has 6 heteroatoms. The molecule has 0 atom stereocenters. The summed E-state index contributed by atoms with van der Waals surface area (Å²) in [6.07, 6.45) is 2.54. The van der Waals surface area contributed by atoms with Crippen LogP contribution in [-0.2, 0) is 6.54 Å². The third kappa shape index (κ3) is 5.61. The predicted octanol–water partition coefficient (Wildman–Crippen LogP) is 5.37. The fourth-order valence-corrected chi connectivity index (χ4v) is 4.11. The molecule has 1 amide bonds. The van der Waals surface area contributed by atoms with Crippen molar-refractivity contribution >= 4 is 23.2 Å². The minimum atomic E-state index is -0.127. The molecule has 1 heterocycles. The smallest absolute Gasteiger partial charge is 0.258 e. The molecule has 32 heavy (non-hydrogen) atoms. The van der Waals surface area contributed by atoms with Crippen LogP contribution in [0.2, 0.25) is 5.02 Å². The van der Waals surface area contributed by atoms with Crippen LogP contribution in [0.1, 0.15) is 28.8 Å². The Hall–Kier alpha value is -3.02. The maximum Gasteiger partial charge on any atom is 0.258 e. The van der Waals surface area contributed by atoms with Crippen LogP contribution in [0.4, 0.5) is 5.69 Å². The molecule has 5 nitrogen and oxygen atoms in total. The normalized spacial score (nSPS) is 13.8. The average molecular weight is 451 g/mol. The van der Waals surface area contributed by atoms with Crippen molar-refractivity contribution in [2.75, 3.05) is 31.1 Å². The molecule has 0 bridgehead atoms. The minimum absolute atomic E-state index is 0.0927. The Morgan fingerprint density at radius 3 is 2.41 bits per heavy atom. The summed E-state index contributed by atoms with van der Waals surface area (Å²) < 4.78 is 5.90. The van der Waals surface area contributed by atoms with Gasteiger partial charge in [0.1, 0.15) is 18.1 Å². The summed E-state index contributed by atoms with van der Waals surface area (Å²) in [7, 11) is 0. The molecule has 1 fully saturated rings. The molecule has 0 saturated carbocycles. The van der Waals surface area contributed by atoms with Crippen LogP contribution >= 0.6 is 11.6 Å². The second-order valence-corrected chi connectivity index (χ2v) is 8.33. The van der Waals surface area contributed by atoms with Gasteiger partial charge in [-0.25, -0.2) is 0 Å². The van der Waals surface area contributed by atoms with E-state index in [0.29, 0.717) is 17.2 Å². The second kappa shape index (κ2) is 10.5. The van der Waals surface area contributed by atoms with E-state index in [1.807, 2.05) is 42.5 Å². The molecule has 3 aromatic rings. The number of carbonyl (C=O) groups excluding carboxylic acids is 1. The van der Waals surface area contributed by atoms with Crippen LogP contribution in [0.15, 0.2) is 72.8 Å². The Balaban J connectivity index is 1.51. The van der Waals surface area contributed by atoms with E-state index in [4.69, 9.17) is 16.3 Å². The number of halogens is 1. The number of hydrogen-bond donors (Lipinski definition) is 1. The number of amides is 1. The first kappa shape index (κ1) is 22.2. The molecule has 0 radical (unpaired) electrons. The lowest BCUT2D eigenvalue weighted by molar-refractivity contribution is 0.0985. The van der Waals surface area contributed by atoms with Gasteiger partial charge in [0.2, 0.25) is 0 Å². The molecule has 4 rings (SSSR count). The third-order valence-corrected chi connectivity index (χ3v) is 6.01. The molecule has 3 aromatic carbocycles. The number of carbonyl (C=O) groups is 1. The van der Waals surface area contributed by atoms with E-state index in [9.17, 15) is 9.90 Å². The summed E-state index contributed by atoms with van der Waals surface area (Å²) >= 11 is 6.33. The van der Waals surface area contributed by atoms with Crippen LogP contribution in [0.3, 0.4) is 0 Å². The van der Waals surface area contributed by atoms with Crippen LogP contribution in [0.5, 0.6) is 11.5 Å². The highest BCUT2D eigenvalue weighted by Crippen LogP contribution is 2.27. The van der Waals surface area contributed by atoms with Gasteiger partial charge in [-0.15, -0.1) is 0 Å². The maximum absolute atomic E-state index is 13.3. The number of hydrogen-bond acceptors (Lipinski definition) is 4. The van der Waals surface area contributed by atoms with Crippen molar-refractivity contribution in [3.05, 3.63) is 88.9 Å². The fraction of sp³-hybridized carbons (Fsp3) is 0.269. The first-order valence-electron chi connectivity index (χ1n) is 10.9. The van der Waals surface area contributed by atoms with Crippen LogP contribution in [0, 0.1) is 0 Å². The molecule has 0 unspecified atom stereocenters. The van der Waals surface area contributed by atoms with Gasteiger partial charge in [0.25, 0.3) is 5.91 Å². The van der Waals surface area contributed by atoms with Gasteiger partial charge in [-0.1, -0.05) is 35.9 Å². The highest BCUT2D eigenvalue weighted by atomic mass is 35.5. The van der Waals surface area contributed by atoms with Crippen molar-refractivity contribution in [1.82, 2.24) is 4.90 Å². The Labute approximate surface area is 193 Å². The molecule has 1 aliphatic heterocycles. The number of ether oxygens (including phenoxy) is 1. The van der Waals surface area contributed by atoms with E-state index in [2.05, 4.69) is 4.90 Å². The van der Waals surface area contributed by atoms with E-state index in [-0.39, 0.29) is 18.2 Å². The Morgan fingerprint density at radius 2 is 1.72 bits per heavy atom. The summed E-state index contributed by atoms with van der Waals surface area (Å²) in [6.45, 7) is 4.16. The zero-order valence-electron chi connectivity index (χ0n) is 17.9. The van der Waals surface area contributed by atoms with Crippen molar-refractivity contribution in [2.24, 2.45) is 0 Å². The topological polar surface area (TPSA) is 53.0 Å². The Kier molecular flexibility index (Phi) is 7.30. The lowest BCUT2D eigenvalue weighted by Gasteiger charge is -2.24. The van der Waals surface area contributed by atoms with Crippen LogP contribution in [0.25, 0.3) is 0 Å². The molecule has 0 aromatic heterocycles. The van der Waals surface area contributed by atoms with E-state index in [0.717, 1.165) is 36.6 Å². The van der Waals surface area contributed by atoms with Crippen molar-refractivity contribution in [2.45, 2.75) is 19.4 Å². The molecule has 1 aliphatic rings. The molecule has 0 aliphatic carbocycles. The molecule has 0 spiro atoms. The molecule has 1 N–H and O–H groups in total. The predicted molar refractivity (Wildman–Crippen MR) is 128 cm³/mol. The van der Waals surface area contributed by atoms with Gasteiger partial charge in [-0.3, -0.25) is 9.69 Å². The largest absolute Gasteiger partial charge is 0.508 e. The van der Waals surface area contributed by atoms with Gasteiger partial charge in [0.15, 0.2) is 0 Å². The summed E-state index contributed by atoms with van der Waals surface area (Å²) in [5.41, 5.74) is 2.09. The quantitative estimate of drug-likeness (QED) is 0.501. The molecule has 166 valence electrons. The number of aromatic hydroxyl groups is 1. The highest BCUT2D eigenvalue weighted by molar-refractivity contribution is 6.31. The molecular weight excluding hydrogens is 424 g/mol. The summed E-state index contributed by atoms with van der Waals surface area (Å²) in [4.78, 5) is 17.4. The number of phenolic OH excluding ortho intramolecular Hbond substituents is 1. The summed E-state index contributed by atoms with van der Waals surface area (Å²) in [5, 5.41) is 10.1. The van der Waals surface area contributed by atoms with E-state index in [1.165, 1.54) is 18.9 Å². The number of anilines is 1. The third-order valence-electron chi connectivity index (χ3n) is 5.65. The number of benzene rings is 3. The number of phenols is 1. The lowest BCUT2D eigenvalue weighted by Crippen LogP contribution is -2.30. The molecule has 1 saturated heterocycles. The first-order valence-corrected chi connectivity index (χ1v) is 11.3. The van der Waals surface area contributed by atoms with E-state index < -0.39 is 0 Å². The second-order valence-electron chi connectivity index (χ2n) is 7.92. The van der Waals surface area contributed by atoms with Gasteiger partial charge in [0, 0.05) is 22.8 Å². The van der Waals surface area contributed by atoms with Gasteiger partial charge in [0.05, 0.1) is 6.54 Å². The summed E-state index contributed by atoms with van der Waals surface area (Å²) in [5.74, 6) is 0.746.